The molecule has 0 radical (unpaired) electrons. The molecule has 0 bridgehead atoms. The van der Waals surface area contributed by atoms with E-state index in [9.17, 15) is 0 Å². The molecule has 0 fully saturated rings. The zero-order valence-electron chi connectivity index (χ0n) is 28.9. The number of hydrogen-bond acceptors (Lipinski definition) is 0. The zero-order chi connectivity index (χ0) is 33.8. The molecule has 247 valence electrons. The van der Waals surface area contributed by atoms with Crippen molar-refractivity contribution in [1.82, 2.24) is 0 Å². The van der Waals surface area contributed by atoms with Gasteiger partial charge in [0, 0.05) is 0 Å². The van der Waals surface area contributed by atoms with Crippen molar-refractivity contribution in [2.75, 3.05) is 0 Å². The van der Waals surface area contributed by atoms with E-state index in [-0.39, 0.29) is 7.25 Å². The van der Waals surface area contributed by atoms with E-state index in [1.807, 2.05) is 0 Å². The van der Waals surface area contributed by atoms with Crippen LogP contribution in [0.4, 0.5) is 0 Å². The van der Waals surface area contributed by atoms with Crippen molar-refractivity contribution in [2.24, 2.45) is 0 Å². The summed E-state index contributed by atoms with van der Waals surface area (Å²) in [6.45, 7) is 9.38. The maximum atomic E-state index is 8.80. The van der Waals surface area contributed by atoms with Gasteiger partial charge in [-0.2, -0.15) is 0 Å². The first-order valence-electron chi connectivity index (χ1n) is 18.0. The van der Waals surface area contributed by atoms with Gasteiger partial charge in [0.15, 0.2) is 0 Å². The Hall–Kier alpha value is -2.48. The van der Waals surface area contributed by atoms with Crippen LogP contribution in [0.15, 0.2) is 109 Å². The molecule has 6 rings (SSSR count). The molecule has 0 N–H and O–H groups in total. The molecule has 2 unspecified atom stereocenters. The molecule has 4 heteroatoms. The van der Waals surface area contributed by atoms with Crippen LogP contribution in [0.1, 0.15) is 104 Å². The third-order valence-corrected chi connectivity index (χ3v) is 62.2. The minimum absolute atomic E-state index is 0.0188. The molecule has 0 spiro atoms. The predicted octanol–water partition coefficient (Wildman–Crippen LogP) is 14.0. The second-order valence-corrected chi connectivity index (χ2v) is 56.5. The molecule has 0 amide bonds. The molecule has 2 atom stereocenters. The molecular formula is C44H49Cl2SiZr. The summed E-state index contributed by atoms with van der Waals surface area (Å²) in [6.07, 6.45) is 21.2. The molecule has 2 aliphatic rings. The Morgan fingerprint density at radius 3 is 1.38 bits per heavy atom. The average Bonchev–Trinajstić information content (AvgIpc) is 3.71. The molecular weight excluding hydrogens is 719 g/mol. The van der Waals surface area contributed by atoms with Gasteiger partial charge in [0.2, 0.25) is 0 Å². The molecule has 0 saturated heterocycles. The van der Waals surface area contributed by atoms with Crippen LogP contribution in [-0.2, 0) is 15.6 Å². The molecule has 4 aromatic carbocycles. The number of halogens is 2. The first-order valence-corrected chi connectivity index (χ1v) is 34.3. The molecule has 0 aliphatic heterocycles. The van der Waals surface area contributed by atoms with Gasteiger partial charge in [-0.3, -0.25) is 0 Å². The van der Waals surface area contributed by atoms with E-state index in [0.29, 0.717) is 0 Å². The maximum absolute atomic E-state index is 8.80. The number of unbranched alkanes of at least 4 members (excludes halogenated alkanes) is 4. The Morgan fingerprint density at radius 1 is 0.583 bits per heavy atom. The Morgan fingerprint density at radius 2 is 1.00 bits per heavy atom. The second-order valence-electron chi connectivity index (χ2n) is 14.0. The number of benzene rings is 4. The van der Waals surface area contributed by atoms with Crippen LogP contribution in [0, 0.1) is 0 Å². The third-order valence-electron chi connectivity index (χ3n) is 10.7. The normalized spacial score (nSPS) is 18.2. The van der Waals surface area contributed by atoms with Crippen LogP contribution in [0.25, 0.3) is 35.5 Å². The molecule has 0 nitrogen and oxygen atoms in total. The van der Waals surface area contributed by atoms with E-state index < -0.39 is 21.5 Å². The Balaban J connectivity index is 1.61. The van der Waals surface area contributed by atoms with Gasteiger partial charge in [0.05, 0.1) is 0 Å². The summed E-state index contributed by atoms with van der Waals surface area (Å²) in [5.41, 5.74) is 12.8. The summed E-state index contributed by atoms with van der Waals surface area (Å²) in [6, 6.07) is 35.5. The number of fused-ring (bicyclic) bond motifs is 2. The van der Waals surface area contributed by atoms with Crippen LogP contribution in [0.2, 0.25) is 13.1 Å². The Labute approximate surface area is 298 Å². The van der Waals surface area contributed by atoms with Gasteiger partial charge >= 0.3 is 300 Å². The first kappa shape index (κ1) is 35.3. The molecule has 0 heterocycles. The zero-order valence-corrected chi connectivity index (χ0v) is 34.1. The Kier molecular flexibility index (Phi) is 11.2. The fraction of sp³-hybridized carbons (Fsp3) is 0.273. The van der Waals surface area contributed by atoms with Crippen LogP contribution >= 0.6 is 17.0 Å². The summed E-state index contributed by atoms with van der Waals surface area (Å²) in [5, 5.41) is 0. The van der Waals surface area contributed by atoms with Crippen molar-refractivity contribution < 1.29 is 15.6 Å². The SMILES string of the molecule is CCCCC=Cc1cccc2c1C=C(c1ccccc1)[CH]2[Zr]([Cl])([Cl])([CH]1C(c2ccccc2)=Cc2c(C=CCCCC)cccc21)[SiH](C)C. The van der Waals surface area contributed by atoms with Crippen molar-refractivity contribution in [3.05, 3.63) is 154 Å². The summed E-state index contributed by atoms with van der Waals surface area (Å²) in [7, 11) is 17.6. The van der Waals surface area contributed by atoms with E-state index in [1.54, 1.807) is 0 Å². The summed E-state index contributed by atoms with van der Waals surface area (Å²) < 4.78 is -0.0377. The van der Waals surface area contributed by atoms with Gasteiger partial charge in [-0.1, -0.05) is 0 Å². The summed E-state index contributed by atoms with van der Waals surface area (Å²) >= 11 is -5.03. The fourth-order valence-corrected chi connectivity index (χ4v) is 38.1. The topological polar surface area (TPSA) is 0 Å². The minimum atomic E-state index is -5.03. The number of rotatable bonds is 13. The van der Waals surface area contributed by atoms with Crippen molar-refractivity contribution in [1.29, 1.82) is 0 Å². The van der Waals surface area contributed by atoms with Crippen molar-refractivity contribution in [2.45, 2.75) is 72.7 Å². The van der Waals surface area contributed by atoms with Gasteiger partial charge in [0.1, 0.15) is 0 Å². The van der Waals surface area contributed by atoms with Gasteiger partial charge in [-0.05, 0) is 0 Å². The van der Waals surface area contributed by atoms with Gasteiger partial charge in [-0.25, -0.2) is 0 Å². The summed E-state index contributed by atoms with van der Waals surface area (Å²) in [5.74, 6) is -1.74. The fourth-order valence-electron chi connectivity index (χ4n) is 7.99. The van der Waals surface area contributed by atoms with Crippen LogP contribution in [0.3, 0.4) is 0 Å². The molecule has 4 aromatic rings. The monoisotopic (exact) mass is 765 g/mol. The van der Waals surface area contributed by atoms with E-state index in [4.69, 9.17) is 17.0 Å². The number of allylic oxidation sites excluding steroid dienone is 4. The molecule has 48 heavy (non-hydrogen) atoms. The van der Waals surface area contributed by atoms with E-state index >= 15 is 0 Å². The van der Waals surface area contributed by atoms with Crippen molar-refractivity contribution in [3.63, 3.8) is 0 Å². The van der Waals surface area contributed by atoms with E-state index in [0.717, 1.165) is 12.8 Å². The van der Waals surface area contributed by atoms with Crippen molar-refractivity contribution in [3.8, 4) is 0 Å². The summed E-state index contributed by atoms with van der Waals surface area (Å²) in [4.78, 5) is 0. The van der Waals surface area contributed by atoms with Gasteiger partial charge in [0.25, 0.3) is 0 Å². The number of hydrogen-bond donors (Lipinski definition) is 0. The predicted molar refractivity (Wildman–Crippen MR) is 215 cm³/mol. The van der Waals surface area contributed by atoms with Crippen LogP contribution in [-0.4, -0.2) is 5.92 Å². The van der Waals surface area contributed by atoms with E-state index in [1.165, 1.54) is 81.3 Å². The molecule has 0 aromatic heterocycles. The van der Waals surface area contributed by atoms with Crippen LogP contribution < -0.4 is 0 Å². The van der Waals surface area contributed by atoms with Crippen LogP contribution in [0.5, 0.6) is 0 Å². The quantitative estimate of drug-likeness (QED) is 0.0939. The molecule has 0 saturated carbocycles. The van der Waals surface area contributed by atoms with Gasteiger partial charge in [-0.15, -0.1) is 0 Å². The van der Waals surface area contributed by atoms with Crippen molar-refractivity contribution >= 4 is 58.4 Å². The first-order chi connectivity index (χ1) is 23.3. The van der Waals surface area contributed by atoms with E-state index in [2.05, 4.69) is 160 Å². The van der Waals surface area contributed by atoms with Gasteiger partial charge < -0.3 is 0 Å². The second kappa shape index (κ2) is 15.2. The third kappa shape index (κ3) is 6.56. The average molecular weight is 768 g/mol. The molecule has 2 aliphatic carbocycles. The standard InChI is InChI=1S/2C21H21.C2H7Si.2ClH.Zr/c2*1-2-3-4-6-12-18-13-9-14-19-15-20(16-21(18)19)17-10-7-5-8-11-17;1-3-2;;;/h2*5-16H,2-4H2,1H3;3H,1-2H3;2*1H;/q;;;;;+2/p-2. The Bertz CT molecular complexity index is 1740.